The molecule has 0 radical (unpaired) electrons. The second kappa shape index (κ2) is 9.07. The maximum absolute atomic E-state index is 12.9. The molecule has 0 saturated heterocycles. The van der Waals surface area contributed by atoms with Crippen molar-refractivity contribution in [2.75, 3.05) is 19.6 Å². The van der Waals surface area contributed by atoms with Gasteiger partial charge in [0.25, 0.3) is 0 Å². The van der Waals surface area contributed by atoms with Crippen molar-refractivity contribution in [2.45, 2.75) is 40.2 Å². The Morgan fingerprint density at radius 1 is 1.11 bits per heavy atom. The molecule has 0 bridgehead atoms. The summed E-state index contributed by atoms with van der Waals surface area (Å²) in [5.74, 6) is -0.277. The molecule has 0 aliphatic heterocycles. The lowest BCUT2D eigenvalue weighted by Crippen LogP contribution is -2.25. The number of carbonyl (C=O) groups excluding carboxylic acids is 1. The Hall–Kier alpha value is -2.59. The van der Waals surface area contributed by atoms with Crippen molar-refractivity contribution in [3.8, 4) is 0 Å². The molecule has 2 aromatic carbocycles. The monoisotopic (exact) mass is 378 g/mol. The van der Waals surface area contributed by atoms with Gasteiger partial charge in [-0.1, -0.05) is 50.2 Å². The van der Waals surface area contributed by atoms with Gasteiger partial charge in [0, 0.05) is 23.1 Å². The average molecular weight is 379 g/mol. The van der Waals surface area contributed by atoms with Gasteiger partial charge in [-0.25, -0.2) is 4.79 Å². The number of nitrogens with zero attached hydrogens (tertiary/aromatic N) is 1. The van der Waals surface area contributed by atoms with Crippen molar-refractivity contribution in [2.24, 2.45) is 0 Å². The number of aromatic amines is 1. The Bertz CT molecular complexity index is 926. The standard InChI is InChI=1S/C24H30N2O2/c1-5-26(6-2)15-14-19-12-13-22-21(16-19)23(17(3)25-22)24(27)28-18(4)20-10-8-7-9-11-20/h7-13,16,18,25H,5-6,14-15H2,1-4H3. The van der Waals surface area contributed by atoms with E-state index in [1.807, 2.05) is 44.2 Å². The number of hydrogen-bond acceptors (Lipinski definition) is 3. The first-order valence-corrected chi connectivity index (χ1v) is 10.1. The van der Waals surface area contributed by atoms with Crippen LogP contribution in [-0.4, -0.2) is 35.5 Å². The fourth-order valence-electron chi connectivity index (χ4n) is 3.63. The number of fused-ring (bicyclic) bond motifs is 1. The van der Waals surface area contributed by atoms with Gasteiger partial charge < -0.3 is 14.6 Å². The van der Waals surface area contributed by atoms with E-state index >= 15 is 0 Å². The minimum Gasteiger partial charge on any atom is -0.454 e. The van der Waals surface area contributed by atoms with Gasteiger partial charge in [0.2, 0.25) is 0 Å². The second-order valence-electron chi connectivity index (χ2n) is 7.24. The van der Waals surface area contributed by atoms with Crippen molar-refractivity contribution >= 4 is 16.9 Å². The highest BCUT2D eigenvalue weighted by molar-refractivity contribution is 6.05. The normalized spacial score (nSPS) is 12.5. The van der Waals surface area contributed by atoms with Crippen LogP contribution >= 0.6 is 0 Å². The van der Waals surface area contributed by atoms with Crippen LogP contribution in [0.1, 0.15) is 54.1 Å². The lowest BCUT2D eigenvalue weighted by molar-refractivity contribution is 0.0339. The molecule has 1 N–H and O–H groups in total. The summed E-state index contributed by atoms with van der Waals surface area (Å²) in [5, 5.41) is 0.944. The SMILES string of the molecule is CCN(CC)CCc1ccc2[nH]c(C)c(C(=O)OC(C)c3ccccc3)c2c1. The van der Waals surface area contributed by atoms with Crippen molar-refractivity contribution in [1.82, 2.24) is 9.88 Å². The van der Waals surface area contributed by atoms with Crippen LogP contribution in [0, 0.1) is 6.92 Å². The fraction of sp³-hybridized carbons (Fsp3) is 0.375. The topological polar surface area (TPSA) is 45.3 Å². The van der Waals surface area contributed by atoms with Crippen molar-refractivity contribution in [3.63, 3.8) is 0 Å². The largest absolute Gasteiger partial charge is 0.454 e. The minimum absolute atomic E-state index is 0.277. The number of benzene rings is 2. The zero-order chi connectivity index (χ0) is 20.1. The van der Waals surface area contributed by atoms with E-state index in [0.717, 1.165) is 48.2 Å². The molecular formula is C24H30N2O2. The van der Waals surface area contributed by atoms with E-state index in [1.165, 1.54) is 5.56 Å². The Morgan fingerprint density at radius 3 is 2.50 bits per heavy atom. The number of esters is 1. The highest BCUT2D eigenvalue weighted by Gasteiger charge is 2.20. The van der Waals surface area contributed by atoms with Gasteiger partial charge in [-0.3, -0.25) is 0 Å². The highest BCUT2D eigenvalue weighted by Crippen LogP contribution is 2.27. The lowest BCUT2D eigenvalue weighted by Gasteiger charge is -2.17. The van der Waals surface area contributed by atoms with Crippen LogP contribution in [0.2, 0.25) is 0 Å². The van der Waals surface area contributed by atoms with Crippen LogP contribution < -0.4 is 0 Å². The summed E-state index contributed by atoms with van der Waals surface area (Å²) in [4.78, 5) is 18.7. The molecule has 3 aromatic rings. The number of aryl methyl sites for hydroxylation is 1. The molecular weight excluding hydrogens is 348 g/mol. The lowest BCUT2D eigenvalue weighted by atomic mass is 10.1. The zero-order valence-corrected chi connectivity index (χ0v) is 17.3. The van der Waals surface area contributed by atoms with E-state index in [-0.39, 0.29) is 12.1 Å². The summed E-state index contributed by atoms with van der Waals surface area (Å²) < 4.78 is 5.78. The average Bonchev–Trinajstić information content (AvgIpc) is 3.04. The summed E-state index contributed by atoms with van der Waals surface area (Å²) in [6, 6.07) is 16.2. The third-order valence-electron chi connectivity index (χ3n) is 5.42. The third kappa shape index (κ3) is 4.45. The van der Waals surface area contributed by atoms with Gasteiger partial charge in [-0.2, -0.15) is 0 Å². The molecule has 0 saturated carbocycles. The molecule has 0 fully saturated rings. The van der Waals surface area contributed by atoms with Gasteiger partial charge in [-0.05, 0) is 56.6 Å². The smallest absolute Gasteiger partial charge is 0.341 e. The van der Waals surface area contributed by atoms with Gasteiger partial charge in [0.1, 0.15) is 6.10 Å². The Kier molecular flexibility index (Phi) is 6.53. The number of carbonyl (C=O) groups is 1. The van der Waals surface area contributed by atoms with Gasteiger partial charge in [-0.15, -0.1) is 0 Å². The van der Waals surface area contributed by atoms with E-state index in [0.29, 0.717) is 5.56 Å². The Labute approximate surface area is 167 Å². The first kappa shape index (κ1) is 20.2. The van der Waals surface area contributed by atoms with E-state index in [1.54, 1.807) is 0 Å². The van der Waals surface area contributed by atoms with Crippen LogP contribution in [0.15, 0.2) is 48.5 Å². The van der Waals surface area contributed by atoms with Crippen LogP contribution in [-0.2, 0) is 11.2 Å². The molecule has 148 valence electrons. The predicted molar refractivity (Wildman–Crippen MR) is 115 cm³/mol. The van der Waals surface area contributed by atoms with Crippen LogP contribution in [0.4, 0.5) is 0 Å². The molecule has 3 rings (SSSR count). The molecule has 4 heteroatoms. The number of likely N-dealkylation sites (N-methyl/N-ethyl adjacent to an activating group) is 1. The number of aromatic nitrogens is 1. The number of H-pyrrole nitrogens is 1. The molecule has 4 nitrogen and oxygen atoms in total. The number of hydrogen-bond donors (Lipinski definition) is 1. The molecule has 1 aromatic heterocycles. The van der Waals surface area contributed by atoms with Gasteiger partial charge >= 0.3 is 5.97 Å². The maximum atomic E-state index is 12.9. The van der Waals surface area contributed by atoms with Gasteiger partial charge in [0.15, 0.2) is 0 Å². The number of rotatable bonds is 8. The quantitative estimate of drug-likeness (QED) is 0.543. The number of ether oxygens (including phenoxy) is 1. The molecule has 1 heterocycles. The number of nitrogens with one attached hydrogen (secondary N) is 1. The Balaban J connectivity index is 1.82. The molecule has 1 atom stereocenters. The molecule has 0 aliphatic carbocycles. The molecule has 0 aliphatic rings. The first-order chi connectivity index (χ1) is 13.5. The molecule has 1 unspecified atom stereocenters. The third-order valence-corrected chi connectivity index (χ3v) is 5.42. The van der Waals surface area contributed by atoms with E-state index in [9.17, 15) is 4.79 Å². The van der Waals surface area contributed by atoms with E-state index < -0.39 is 0 Å². The summed E-state index contributed by atoms with van der Waals surface area (Å²) in [6.07, 6.45) is 0.681. The Morgan fingerprint density at radius 2 is 1.82 bits per heavy atom. The minimum atomic E-state index is -0.288. The summed E-state index contributed by atoms with van der Waals surface area (Å²) >= 11 is 0. The highest BCUT2D eigenvalue weighted by atomic mass is 16.5. The fourth-order valence-corrected chi connectivity index (χ4v) is 3.63. The molecule has 0 spiro atoms. The molecule has 0 amide bonds. The first-order valence-electron chi connectivity index (χ1n) is 10.1. The van der Waals surface area contributed by atoms with E-state index in [2.05, 4.69) is 41.9 Å². The predicted octanol–water partition coefficient (Wildman–Crippen LogP) is 5.28. The van der Waals surface area contributed by atoms with Crippen molar-refractivity contribution < 1.29 is 9.53 Å². The van der Waals surface area contributed by atoms with Crippen LogP contribution in [0.3, 0.4) is 0 Å². The maximum Gasteiger partial charge on any atom is 0.341 e. The second-order valence-corrected chi connectivity index (χ2v) is 7.24. The van der Waals surface area contributed by atoms with Crippen molar-refractivity contribution in [3.05, 3.63) is 70.9 Å². The summed E-state index contributed by atoms with van der Waals surface area (Å²) in [6.45, 7) is 11.3. The van der Waals surface area contributed by atoms with Gasteiger partial charge in [0.05, 0.1) is 5.56 Å². The zero-order valence-electron chi connectivity index (χ0n) is 17.3. The summed E-state index contributed by atoms with van der Waals surface area (Å²) in [7, 11) is 0. The summed E-state index contributed by atoms with van der Waals surface area (Å²) in [5.41, 5.74) is 4.70. The van der Waals surface area contributed by atoms with Crippen LogP contribution in [0.5, 0.6) is 0 Å². The van der Waals surface area contributed by atoms with E-state index in [4.69, 9.17) is 4.74 Å². The molecule has 28 heavy (non-hydrogen) atoms. The van der Waals surface area contributed by atoms with Crippen molar-refractivity contribution in [1.29, 1.82) is 0 Å². The van der Waals surface area contributed by atoms with Crippen LogP contribution in [0.25, 0.3) is 10.9 Å².